The minimum atomic E-state index is -4.41. The minimum Gasteiger partial charge on any atom is -0.450 e. The Labute approximate surface area is 160 Å². The third-order valence-electron chi connectivity index (χ3n) is 4.11. The van der Waals surface area contributed by atoms with Gasteiger partial charge in [0.25, 0.3) is 5.69 Å². The molecule has 4 N–H and O–H groups in total. The molecule has 1 unspecified atom stereocenters. The van der Waals surface area contributed by atoms with Crippen molar-refractivity contribution < 1.29 is 28.0 Å². The van der Waals surface area contributed by atoms with Crippen molar-refractivity contribution in [2.45, 2.75) is 18.0 Å². The molecule has 2 aromatic carbocycles. The molecule has 0 aliphatic heterocycles. The molecule has 3 rings (SSSR count). The summed E-state index contributed by atoms with van der Waals surface area (Å²) >= 11 is 0. The molecule has 29 heavy (non-hydrogen) atoms. The van der Waals surface area contributed by atoms with E-state index in [0.717, 1.165) is 19.1 Å². The summed E-state index contributed by atoms with van der Waals surface area (Å²) in [5.41, 5.74) is -3.46. The molecule has 0 fully saturated rings. The molecule has 0 saturated heterocycles. The van der Waals surface area contributed by atoms with Gasteiger partial charge < -0.3 is 14.8 Å². The van der Waals surface area contributed by atoms with Gasteiger partial charge in [0.1, 0.15) is 0 Å². The lowest BCUT2D eigenvalue weighted by atomic mass is 10.1. The van der Waals surface area contributed by atoms with Gasteiger partial charge in [0.15, 0.2) is 6.23 Å². The van der Waals surface area contributed by atoms with Crippen molar-refractivity contribution in [3.63, 3.8) is 0 Å². The number of nitrogens with one attached hydrogen (secondary N) is 1. The Morgan fingerprint density at radius 1 is 1.38 bits per heavy atom. The predicted octanol–water partition coefficient (Wildman–Crippen LogP) is 0.612. The highest BCUT2D eigenvalue weighted by Crippen LogP contribution is 2.36. The Balaban J connectivity index is 2.68. The second kappa shape index (κ2) is 6.68. The average Bonchev–Trinajstić information content (AvgIpc) is 2.60. The quantitative estimate of drug-likeness (QED) is 0.176. The number of hydrogen-bond acceptors (Lipinski definition) is 8. The molecule has 0 spiro atoms. The first kappa shape index (κ1) is 20.0. The summed E-state index contributed by atoms with van der Waals surface area (Å²) < 4.78 is 29.2. The van der Waals surface area contributed by atoms with Crippen LogP contribution in [0.2, 0.25) is 0 Å². The van der Waals surface area contributed by atoms with E-state index in [1.165, 1.54) is 12.1 Å². The average molecular weight is 424 g/mol. The summed E-state index contributed by atoms with van der Waals surface area (Å²) in [6, 6.07) is 4.40. The summed E-state index contributed by atoms with van der Waals surface area (Å²) in [5.74, 6) is 0. The van der Waals surface area contributed by atoms with Crippen LogP contribution in [0.25, 0.3) is 21.8 Å². The molecular formula is C15H12N4O9S. The van der Waals surface area contributed by atoms with Gasteiger partial charge in [-0.3, -0.25) is 24.3 Å². The van der Waals surface area contributed by atoms with E-state index in [-0.39, 0.29) is 16.4 Å². The van der Waals surface area contributed by atoms with Crippen LogP contribution < -0.4 is 16.3 Å². The van der Waals surface area contributed by atoms with E-state index in [0.29, 0.717) is 4.57 Å². The molecule has 0 amide bonds. The second-order valence-electron chi connectivity index (χ2n) is 5.89. The summed E-state index contributed by atoms with van der Waals surface area (Å²) in [6.07, 6.45) is -3.25. The zero-order valence-corrected chi connectivity index (χ0v) is 15.3. The second-order valence-corrected chi connectivity index (χ2v) is 7.41. The first-order valence-corrected chi connectivity index (χ1v) is 9.29. The smallest absolute Gasteiger partial charge is 0.450 e. The van der Waals surface area contributed by atoms with Gasteiger partial charge in [-0.1, -0.05) is 12.1 Å². The molecule has 0 radical (unpaired) electrons. The van der Waals surface area contributed by atoms with Crippen molar-refractivity contribution in [2.75, 3.05) is 0 Å². The Bertz CT molecular complexity index is 1420. The minimum absolute atomic E-state index is 0.130. The molecule has 0 aliphatic carbocycles. The highest BCUT2D eigenvalue weighted by atomic mass is 32.2. The molecule has 0 aliphatic rings. The summed E-state index contributed by atoms with van der Waals surface area (Å²) in [7, 11) is -4.41. The monoisotopic (exact) mass is 424 g/mol. The molecule has 13 nitrogen and oxygen atoms in total. The van der Waals surface area contributed by atoms with Crippen molar-refractivity contribution in [1.29, 1.82) is 0 Å². The zero-order chi connectivity index (χ0) is 21.7. The van der Waals surface area contributed by atoms with Gasteiger partial charge >= 0.3 is 17.3 Å². The van der Waals surface area contributed by atoms with E-state index in [4.69, 9.17) is 10.2 Å². The fourth-order valence-electron chi connectivity index (χ4n) is 3.08. The van der Waals surface area contributed by atoms with E-state index >= 15 is 0 Å². The Hall–Kier alpha value is -3.78. The molecule has 152 valence electrons. The largest absolute Gasteiger partial charge is 0.507 e. The number of primary sulfonamides is 1. The van der Waals surface area contributed by atoms with Gasteiger partial charge in [0.2, 0.25) is 10.0 Å². The standard InChI is InChI=1S/C15H12N4O9S/c1-6(28-15(22)23)18-12-7-3-2-4-10(29(16,26)27)11(7)9(19(24)25)5-8(12)17-13(20)14(18)21/h2-6H,1H3,(H,17,20)(H,22,23)(H2,16,26,27). The van der Waals surface area contributed by atoms with Crippen molar-refractivity contribution in [2.24, 2.45) is 5.14 Å². The molecule has 0 saturated carbocycles. The van der Waals surface area contributed by atoms with Crippen LogP contribution in [0.1, 0.15) is 13.2 Å². The summed E-state index contributed by atoms with van der Waals surface area (Å²) in [4.78, 5) is 47.6. The van der Waals surface area contributed by atoms with Crippen LogP contribution in [0.4, 0.5) is 10.5 Å². The van der Waals surface area contributed by atoms with Crippen LogP contribution >= 0.6 is 0 Å². The first-order valence-electron chi connectivity index (χ1n) is 7.74. The van der Waals surface area contributed by atoms with Crippen LogP contribution in [-0.4, -0.2) is 34.2 Å². The molecular weight excluding hydrogens is 412 g/mol. The maximum atomic E-state index is 12.4. The number of H-pyrrole nitrogens is 1. The van der Waals surface area contributed by atoms with Crippen LogP contribution in [-0.2, 0) is 14.8 Å². The lowest BCUT2D eigenvalue weighted by molar-refractivity contribution is -0.383. The number of aromatic nitrogens is 2. The van der Waals surface area contributed by atoms with Crippen molar-refractivity contribution in [1.82, 2.24) is 9.55 Å². The van der Waals surface area contributed by atoms with E-state index in [9.17, 15) is 32.9 Å². The topological polar surface area (TPSA) is 205 Å². The highest BCUT2D eigenvalue weighted by molar-refractivity contribution is 7.89. The first-order chi connectivity index (χ1) is 13.4. The maximum Gasteiger partial charge on any atom is 0.507 e. The maximum absolute atomic E-state index is 12.4. The number of fused-ring (bicyclic) bond motifs is 3. The number of hydrogen-bond donors (Lipinski definition) is 3. The molecule has 1 atom stereocenters. The third kappa shape index (κ3) is 3.30. The number of carboxylic acid groups (broad SMARTS) is 1. The number of rotatable bonds is 4. The Morgan fingerprint density at radius 3 is 2.59 bits per heavy atom. The van der Waals surface area contributed by atoms with Crippen LogP contribution in [0.15, 0.2) is 38.8 Å². The lowest BCUT2D eigenvalue weighted by Gasteiger charge is -2.18. The van der Waals surface area contributed by atoms with E-state index in [1.54, 1.807) is 0 Å². The number of benzene rings is 2. The van der Waals surface area contributed by atoms with E-state index in [1.807, 2.05) is 0 Å². The number of non-ortho nitro benzene ring substituents is 1. The Morgan fingerprint density at radius 2 is 2.03 bits per heavy atom. The van der Waals surface area contributed by atoms with Crippen LogP contribution in [0.5, 0.6) is 0 Å². The number of sulfonamides is 1. The van der Waals surface area contributed by atoms with Crippen LogP contribution in [0, 0.1) is 10.1 Å². The van der Waals surface area contributed by atoms with Gasteiger partial charge in [0.05, 0.1) is 26.2 Å². The zero-order valence-electron chi connectivity index (χ0n) is 14.5. The number of nitro groups is 1. The Kier molecular flexibility index (Phi) is 4.60. The number of carbonyl (C=O) groups is 1. The predicted molar refractivity (Wildman–Crippen MR) is 98.2 cm³/mol. The number of ether oxygens (including phenoxy) is 1. The SMILES string of the molecule is CC(OC(=O)O)n1c(=O)c(=O)[nH]c2cc([N+](=O)[O-])c3c(S(N)(=O)=O)cccc3c21. The fourth-order valence-corrected chi connectivity index (χ4v) is 3.85. The van der Waals surface area contributed by atoms with Gasteiger partial charge in [-0.2, -0.15) is 0 Å². The van der Waals surface area contributed by atoms with Gasteiger partial charge in [-0.25, -0.2) is 18.4 Å². The fraction of sp³-hybridized carbons (Fsp3) is 0.133. The molecule has 3 aromatic rings. The van der Waals surface area contributed by atoms with Crippen LogP contribution in [0.3, 0.4) is 0 Å². The number of nitro benzene ring substituents is 1. The summed E-state index contributed by atoms with van der Waals surface area (Å²) in [6.45, 7) is 1.16. The third-order valence-corrected chi connectivity index (χ3v) is 5.07. The highest BCUT2D eigenvalue weighted by Gasteiger charge is 2.27. The number of aromatic amines is 1. The van der Waals surface area contributed by atoms with Gasteiger partial charge in [0, 0.05) is 11.5 Å². The van der Waals surface area contributed by atoms with Crippen molar-refractivity contribution in [3.8, 4) is 0 Å². The number of nitrogens with two attached hydrogens (primary N) is 1. The molecule has 14 heteroatoms. The van der Waals surface area contributed by atoms with E-state index < -0.39 is 54.4 Å². The van der Waals surface area contributed by atoms with Gasteiger partial charge in [-0.05, 0) is 13.0 Å². The van der Waals surface area contributed by atoms with Crippen molar-refractivity contribution >= 4 is 43.7 Å². The number of nitrogens with zero attached hydrogens (tertiary/aromatic N) is 2. The molecule has 1 heterocycles. The normalized spacial score (nSPS) is 12.8. The lowest BCUT2D eigenvalue weighted by Crippen LogP contribution is -2.38. The summed E-state index contributed by atoms with van der Waals surface area (Å²) in [5, 5.41) is 25.0. The molecule has 0 bridgehead atoms. The van der Waals surface area contributed by atoms with Crippen molar-refractivity contribution in [3.05, 3.63) is 55.1 Å². The van der Waals surface area contributed by atoms with Gasteiger partial charge in [-0.15, -0.1) is 0 Å². The molecule has 1 aromatic heterocycles. The van der Waals surface area contributed by atoms with E-state index in [2.05, 4.69) is 9.72 Å².